The van der Waals surface area contributed by atoms with E-state index in [2.05, 4.69) is 32.9 Å². The topological polar surface area (TPSA) is 42.1 Å². The maximum Gasteiger partial charge on any atom is 0.0775 e. The Morgan fingerprint density at radius 3 is 2.67 bits per heavy atom. The van der Waals surface area contributed by atoms with E-state index in [-0.39, 0.29) is 0 Å². The second-order valence-corrected chi connectivity index (χ2v) is 4.96. The largest absolute Gasteiger partial charge is 0.396 e. The zero-order valence-electron chi connectivity index (χ0n) is 8.91. The van der Waals surface area contributed by atoms with Crippen molar-refractivity contribution in [2.75, 3.05) is 17.7 Å². The monoisotopic (exact) mass is 269 g/mol. The van der Waals surface area contributed by atoms with Gasteiger partial charge < -0.3 is 10.6 Å². The average molecular weight is 270 g/mol. The molecule has 0 unspecified atom stereocenters. The van der Waals surface area contributed by atoms with E-state index in [1.807, 2.05) is 0 Å². The van der Waals surface area contributed by atoms with E-state index in [9.17, 15) is 0 Å². The maximum absolute atomic E-state index is 5.96. The van der Waals surface area contributed by atoms with Crippen molar-refractivity contribution in [1.82, 2.24) is 4.98 Å². The van der Waals surface area contributed by atoms with Gasteiger partial charge in [-0.1, -0.05) is 12.8 Å². The van der Waals surface area contributed by atoms with Crippen molar-refractivity contribution < 1.29 is 0 Å². The molecule has 1 aromatic heterocycles. The summed E-state index contributed by atoms with van der Waals surface area (Å²) in [5.74, 6) is 0. The Balaban J connectivity index is 2.27. The molecule has 1 aromatic rings. The lowest BCUT2D eigenvalue weighted by Gasteiger charge is -2.28. The summed E-state index contributed by atoms with van der Waals surface area (Å²) < 4.78 is 0.983. The first-order valence-electron chi connectivity index (χ1n) is 5.32. The van der Waals surface area contributed by atoms with Crippen molar-refractivity contribution in [1.29, 1.82) is 0 Å². The molecule has 4 heteroatoms. The molecule has 0 bridgehead atoms. The highest BCUT2D eigenvalue weighted by molar-refractivity contribution is 9.10. The molecule has 1 heterocycles. The van der Waals surface area contributed by atoms with E-state index in [1.54, 1.807) is 12.4 Å². The summed E-state index contributed by atoms with van der Waals surface area (Å²) in [5.41, 5.74) is 7.79. The van der Waals surface area contributed by atoms with Crippen LogP contribution in [0.15, 0.2) is 16.9 Å². The van der Waals surface area contributed by atoms with Crippen molar-refractivity contribution in [3.05, 3.63) is 16.9 Å². The van der Waals surface area contributed by atoms with Crippen molar-refractivity contribution in [3.63, 3.8) is 0 Å². The summed E-state index contributed by atoms with van der Waals surface area (Å²) >= 11 is 3.51. The maximum atomic E-state index is 5.96. The average Bonchev–Trinajstić information content (AvgIpc) is 2.69. The molecule has 2 N–H and O–H groups in total. The third kappa shape index (κ3) is 2.09. The lowest BCUT2D eigenvalue weighted by Crippen LogP contribution is -2.29. The van der Waals surface area contributed by atoms with Crippen LogP contribution < -0.4 is 10.6 Å². The molecular weight excluding hydrogens is 254 g/mol. The van der Waals surface area contributed by atoms with Gasteiger partial charge in [0.25, 0.3) is 0 Å². The molecule has 2 rings (SSSR count). The van der Waals surface area contributed by atoms with E-state index >= 15 is 0 Å². The first-order chi connectivity index (χ1) is 7.20. The fourth-order valence-electron chi connectivity index (χ4n) is 2.29. The number of nitrogens with zero attached hydrogens (tertiary/aromatic N) is 2. The predicted molar refractivity (Wildman–Crippen MR) is 67.0 cm³/mol. The zero-order chi connectivity index (χ0) is 10.8. The highest BCUT2D eigenvalue weighted by atomic mass is 79.9. The third-order valence-electron chi connectivity index (χ3n) is 3.13. The van der Waals surface area contributed by atoms with Gasteiger partial charge in [-0.3, -0.25) is 4.98 Å². The summed E-state index contributed by atoms with van der Waals surface area (Å²) in [5, 5.41) is 0. The molecule has 0 aromatic carbocycles. The van der Waals surface area contributed by atoms with Gasteiger partial charge in [0.15, 0.2) is 0 Å². The molecule has 3 nitrogen and oxygen atoms in total. The Hall–Kier alpha value is -0.770. The van der Waals surface area contributed by atoms with Crippen LogP contribution in [0.1, 0.15) is 25.7 Å². The fourth-order valence-corrected chi connectivity index (χ4v) is 2.92. The van der Waals surface area contributed by atoms with Gasteiger partial charge in [-0.05, 0) is 28.8 Å². The first-order valence-corrected chi connectivity index (χ1v) is 6.11. The number of nitrogens with two attached hydrogens (primary N) is 1. The normalized spacial score (nSPS) is 16.9. The number of anilines is 2. The molecule has 0 radical (unpaired) electrons. The summed E-state index contributed by atoms with van der Waals surface area (Å²) in [7, 11) is 2.12. The smallest absolute Gasteiger partial charge is 0.0775 e. The highest BCUT2D eigenvalue weighted by Gasteiger charge is 2.22. The molecule has 0 spiro atoms. The van der Waals surface area contributed by atoms with Crippen LogP contribution in [0.25, 0.3) is 0 Å². The lowest BCUT2D eigenvalue weighted by atomic mass is 10.2. The minimum atomic E-state index is 0.631. The van der Waals surface area contributed by atoms with Crippen LogP contribution in [-0.4, -0.2) is 18.1 Å². The quantitative estimate of drug-likeness (QED) is 0.898. The highest BCUT2D eigenvalue weighted by Crippen LogP contribution is 2.35. The molecule has 1 aliphatic rings. The molecule has 1 fully saturated rings. The van der Waals surface area contributed by atoms with Crippen molar-refractivity contribution in [2.45, 2.75) is 31.7 Å². The third-order valence-corrected chi connectivity index (χ3v) is 3.71. The predicted octanol–water partition coefficient (Wildman–Crippen LogP) is 2.81. The Labute approximate surface area is 98.8 Å². The van der Waals surface area contributed by atoms with Crippen LogP contribution in [0.2, 0.25) is 0 Å². The Bertz CT molecular complexity index is 327. The zero-order valence-corrected chi connectivity index (χ0v) is 10.5. The van der Waals surface area contributed by atoms with Crippen LogP contribution in [0.4, 0.5) is 11.4 Å². The molecule has 0 saturated heterocycles. The van der Waals surface area contributed by atoms with E-state index < -0.39 is 0 Å². The Morgan fingerprint density at radius 2 is 2.07 bits per heavy atom. The summed E-state index contributed by atoms with van der Waals surface area (Å²) in [4.78, 5) is 6.34. The molecule has 0 atom stereocenters. The van der Waals surface area contributed by atoms with E-state index in [0.717, 1.165) is 15.8 Å². The van der Waals surface area contributed by atoms with Crippen LogP contribution in [0, 0.1) is 0 Å². The molecule has 1 aliphatic carbocycles. The molecule has 1 saturated carbocycles. The number of pyridine rings is 1. The van der Waals surface area contributed by atoms with E-state index in [0.29, 0.717) is 6.04 Å². The molecular formula is C11H16BrN3. The van der Waals surface area contributed by atoms with Crippen LogP contribution in [0.5, 0.6) is 0 Å². The van der Waals surface area contributed by atoms with Crippen LogP contribution in [-0.2, 0) is 0 Å². The second-order valence-electron chi connectivity index (χ2n) is 4.11. The van der Waals surface area contributed by atoms with E-state index in [1.165, 1.54) is 25.7 Å². The number of hydrogen-bond acceptors (Lipinski definition) is 3. The summed E-state index contributed by atoms with van der Waals surface area (Å²) in [6.45, 7) is 0. The summed E-state index contributed by atoms with van der Waals surface area (Å²) in [6, 6.07) is 0.631. The minimum Gasteiger partial charge on any atom is -0.396 e. The summed E-state index contributed by atoms with van der Waals surface area (Å²) in [6.07, 6.45) is 8.72. The van der Waals surface area contributed by atoms with E-state index in [4.69, 9.17) is 5.73 Å². The molecule has 0 amide bonds. The number of nitrogen functional groups attached to an aromatic ring is 1. The fraction of sp³-hybridized carbons (Fsp3) is 0.545. The number of halogens is 1. The van der Waals surface area contributed by atoms with Crippen LogP contribution in [0.3, 0.4) is 0 Å². The molecule has 0 aliphatic heterocycles. The van der Waals surface area contributed by atoms with Gasteiger partial charge in [0, 0.05) is 19.3 Å². The van der Waals surface area contributed by atoms with Gasteiger partial charge in [0.05, 0.1) is 22.0 Å². The molecule has 82 valence electrons. The minimum absolute atomic E-state index is 0.631. The lowest BCUT2D eigenvalue weighted by molar-refractivity contribution is 0.653. The molecule has 15 heavy (non-hydrogen) atoms. The SMILES string of the molecule is CN(c1c(N)cncc1Br)C1CCCC1. The standard InChI is InChI=1S/C11H16BrN3/c1-15(8-4-2-3-5-8)11-9(12)6-14-7-10(11)13/h6-8H,2-5,13H2,1H3. The van der Waals surface area contributed by atoms with Crippen molar-refractivity contribution in [3.8, 4) is 0 Å². The van der Waals surface area contributed by atoms with Gasteiger partial charge >= 0.3 is 0 Å². The number of hydrogen-bond donors (Lipinski definition) is 1. The van der Waals surface area contributed by atoms with Gasteiger partial charge in [0.1, 0.15) is 0 Å². The first kappa shape index (κ1) is 10.7. The van der Waals surface area contributed by atoms with Gasteiger partial charge in [-0.25, -0.2) is 0 Å². The Morgan fingerprint density at radius 1 is 1.40 bits per heavy atom. The second kappa shape index (κ2) is 4.39. The Kier molecular flexibility index (Phi) is 3.14. The van der Waals surface area contributed by atoms with Crippen molar-refractivity contribution >= 4 is 27.3 Å². The van der Waals surface area contributed by atoms with Gasteiger partial charge in [-0.2, -0.15) is 0 Å². The van der Waals surface area contributed by atoms with Crippen molar-refractivity contribution in [2.24, 2.45) is 0 Å². The number of rotatable bonds is 2. The number of aromatic nitrogens is 1. The van der Waals surface area contributed by atoms with Crippen LogP contribution >= 0.6 is 15.9 Å². The van der Waals surface area contributed by atoms with Gasteiger partial charge in [0.2, 0.25) is 0 Å². The van der Waals surface area contributed by atoms with Gasteiger partial charge in [-0.15, -0.1) is 0 Å².